The summed E-state index contributed by atoms with van der Waals surface area (Å²) < 4.78 is 6.98. The van der Waals surface area contributed by atoms with E-state index in [-0.39, 0.29) is 5.97 Å². The molecule has 1 aliphatic carbocycles. The molecule has 1 aromatic heterocycles. The first-order valence-corrected chi connectivity index (χ1v) is 5.93. The third-order valence-electron chi connectivity index (χ3n) is 3.02. The van der Waals surface area contributed by atoms with E-state index in [1.165, 1.54) is 24.2 Å². The maximum atomic E-state index is 11.5. The molecular weight excluding hydrogens is 204 g/mol. The number of nitrogens with zero attached hydrogens (tertiary/aromatic N) is 2. The summed E-state index contributed by atoms with van der Waals surface area (Å²) in [5.41, 5.74) is 2.41. The zero-order valence-electron chi connectivity index (χ0n) is 9.95. The molecule has 0 saturated heterocycles. The van der Waals surface area contributed by atoms with Crippen molar-refractivity contribution < 1.29 is 9.53 Å². The van der Waals surface area contributed by atoms with E-state index in [9.17, 15) is 4.79 Å². The number of hydrogen-bond donors (Lipinski definition) is 0. The molecule has 1 aromatic rings. The van der Waals surface area contributed by atoms with E-state index in [0.717, 1.165) is 18.7 Å². The summed E-state index contributed by atoms with van der Waals surface area (Å²) in [6.07, 6.45) is 4.49. The number of fused-ring (bicyclic) bond motifs is 1. The lowest BCUT2D eigenvalue weighted by Crippen LogP contribution is -2.17. The Labute approximate surface area is 95.6 Å². The van der Waals surface area contributed by atoms with Crippen molar-refractivity contribution in [2.24, 2.45) is 0 Å². The maximum absolute atomic E-state index is 11.5. The molecule has 1 aliphatic rings. The van der Waals surface area contributed by atoms with Crippen LogP contribution in [0.1, 0.15) is 37.0 Å². The van der Waals surface area contributed by atoms with Crippen LogP contribution in [0.4, 0.5) is 0 Å². The van der Waals surface area contributed by atoms with E-state index in [1.807, 2.05) is 18.4 Å². The Morgan fingerprint density at radius 1 is 1.44 bits per heavy atom. The van der Waals surface area contributed by atoms with Crippen LogP contribution in [0.2, 0.25) is 0 Å². The normalized spacial score (nSPS) is 14.6. The van der Waals surface area contributed by atoms with Gasteiger partial charge in [-0.05, 0) is 39.5 Å². The molecule has 4 nitrogen and oxygen atoms in total. The summed E-state index contributed by atoms with van der Waals surface area (Å²) in [7, 11) is 0. The van der Waals surface area contributed by atoms with Gasteiger partial charge in [-0.25, -0.2) is 4.98 Å². The third-order valence-corrected chi connectivity index (χ3v) is 3.02. The van der Waals surface area contributed by atoms with E-state index in [2.05, 4.69) is 4.98 Å². The Morgan fingerprint density at radius 3 is 2.94 bits per heavy atom. The number of carbonyl (C=O) groups is 1. The van der Waals surface area contributed by atoms with Gasteiger partial charge in [0.2, 0.25) is 0 Å². The quantitative estimate of drug-likeness (QED) is 0.730. The number of ether oxygens (including phenoxy) is 1. The van der Waals surface area contributed by atoms with Crippen LogP contribution >= 0.6 is 0 Å². The number of hydrogen-bond acceptors (Lipinski definition) is 3. The van der Waals surface area contributed by atoms with E-state index in [4.69, 9.17) is 4.74 Å². The molecule has 4 heteroatoms. The highest BCUT2D eigenvalue weighted by Crippen LogP contribution is 2.21. The molecule has 0 aliphatic heterocycles. The maximum Gasteiger partial charge on any atom is 0.325 e. The SMILES string of the molecule is CCOC(=O)Cn1c(C)nc2c1CCCC2. The van der Waals surface area contributed by atoms with Crippen LogP contribution in [-0.4, -0.2) is 22.1 Å². The predicted molar refractivity (Wildman–Crippen MR) is 60.2 cm³/mol. The van der Waals surface area contributed by atoms with Crippen molar-refractivity contribution in [3.63, 3.8) is 0 Å². The highest BCUT2D eigenvalue weighted by molar-refractivity contribution is 5.69. The van der Waals surface area contributed by atoms with Crippen LogP contribution in [0, 0.1) is 6.92 Å². The Balaban J connectivity index is 2.19. The van der Waals surface area contributed by atoms with Gasteiger partial charge in [0.15, 0.2) is 0 Å². The van der Waals surface area contributed by atoms with Gasteiger partial charge in [-0.3, -0.25) is 4.79 Å². The third kappa shape index (κ3) is 2.10. The number of aromatic nitrogens is 2. The van der Waals surface area contributed by atoms with Crippen LogP contribution in [-0.2, 0) is 28.9 Å². The first kappa shape index (κ1) is 11.2. The lowest BCUT2D eigenvalue weighted by molar-refractivity contribution is -0.143. The summed E-state index contributed by atoms with van der Waals surface area (Å²) in [6.45, 7) is 4.53. The molecule has 0 aromatic carbocycles. The van der Waals surface area contributed by atoms with Crippen molar-refractivity contribution in [3.8, 4) is 0 Å². The second kappa shape index (κ2) is 4.68. The van der Waals surface area contributed by atoms with Gasteiger partial charge in [-0.1, -0.05) is 0 Å². The van der Waals surface area contributed by atoms with Crippen molar-refractivity contribution in [1.29, 1.82) is 0 Å². The average molecular weight is 222 g/mol. The largest absolute Gasteiger partial charge is 0.465 e. The first-order chi connectivity index (χ1) is 7.72. The van der Waals surface area contributed by atoms with Crippen LogP contribution in [0.3, 0.4) is 0 Å². The lowest BCUT2D eigenvalue weighted by Gasteiger charge is -2.14. The van der Waals surface area contributed by atoms with Gasteiger partial charge in [0, 0.05) is 5.69 Å². The Kier molecular flexibility index (Phi) is 3.27. The Bertz CT molecular complexity index is 396. The number of rotatable bonds is 3. The minimum Gasteiger partial charge on any atom is -0.465 e. The molecule has 16 heavy (non-hydrogen) atoms. The van der Waals surface area contributed by atoms with Crippen LogP contribution in [0.25, 0.3) is 0 Å². The minimum absolute atomic E-state index is 0.170. The van der Waals surface area contributed by atoms with Gasteiger partial charge in [0.1, 0.15) is 12.4 Å². The summed E-state index contributed by atoms with van der Waals surface area (Å²) in [4.78, 5) is 16.0. The number of aryl methyl sites for hydroxylation is 2. The van der Waals surface area contributed by atoms with Gasteiger partial charge in [-0.2, -0.15) is 0 Å². The monoisotopic (exact) mass is 222 g/mol. The van der Waals surface area contributed by atoms with Crippen LogP contribution in [0.5, 0.6) is 0 Å². The molecule has 1 heterocycles. The predicted octanol–water partition coefficient (Wildman–Crippen LogP) is 1.63. The fourth-order valence-corrected chi connectivity index (χ4v) is 2.28. The summed E-state index contributed by atoms with van der Waals surface area (Å²) >= 11 is 0. The first-order valence-electron chi connectivity index (χ1n) is 5.93. The van der Waals surface area contributed by atoms with Crippen molar-refractivity contribution >= 4 is 5.97 Å². The highest BCUT2D eigenvalue weighted by atomic mass is 16.5. The van der Waals surface area contributed by atoms with Gasteiger partial charge >= 0.3 is 5.97 Å². The van der Waals surface area contributed by atoms with E-state index >= 15 is 0 Å². The van der Waals surface area contributed by atoms with Crippen molar-refractivity contribution in [3.05, 3.63) is 17.2 Å². The molecule has 0 unspecified atom stereocenters. The van der Waals surface area contributed by atoms with E-state index in [0.29, 0.717) is 13.2 Å². The van der Waals surface area contributed by atoms with Crippen LogP contribution in [0.15, 0.2) is 0 Å². The second-order valence-electron chi connectivity index (χ2n) is 4.15. The standard InChI is InChI=1S/C12H18N2O2/c1-3-16-12(15)8-14-9(2)13-10-6-4-5-7-11(10)14/h3-8H2,1-2H3. The minimum atomic E-state index is -0.170. The molecule has 0 atom stereocenters. The van der Waals surface area contributed by atoms with Crippen LogP contribution < -0.4 is 0 Å². The summed E-state index contributed by atoms with van der Waals surface area (Å²) in [5, 5.41) is 0. The topological polar surface area (TPSA) is 44.1 Å². The molecule has 0 saturated carbocycles. The zero-order valence-corrected chi connectivity index (χ0v) is 9.95. The molecular formula is C12H18N2O2. The fraction of sp³-hybridized carbons (Fsp3) is 0.667. The van der Waals surface area contributed by atoms with Gasteiger partial charge < -0.3 is 9.30 Å². The Hall–Kier alpha value is -1.32. The molecule has 0 fully saturated rings. The highest BCUT2D eigenvalue weighted by Gasteiger charge is 2.19. The lowest BCUT2D eigenvalue weighted by atomic mass is 10.0. The molecule has 0 amide bonds. The molecule has 0 N–H and O–H groups in total. The summed E-state index contributed by atoms with van der Waals surface area (Å²) in [6, 6.07) is 0. The van der Waals surface area contributed by atoms with Gasteiger partial charge in [0.25, 0.3) is 0 Å². The number of imidazole rings is 1. The molecule has 88 valence electrons. The van der Waals surface area contributed by atoms with Gasteiger partial charge in [-0.15, -0.1) is 0 Å². The molecule has 0 spiro atoms. The molecule has 0 radical (unpaired) electrons. The van der Waals surface area contributed by atoms with Crippen molar-refractivity contribution in [2.45, 2.75) is 46.1 Å². The molecule has 2 rings (SSSR count). The Morgan fingerprint density at radius 2 is 2.19 bits per heavy atom. The number of esters is 1. The second-order valence-corrected chi connectivity index (χ2v) is 4.15. The van der Waals surface area contributed by atoms with E-state index in [1.54, 1.807) is 0 Å². The van der Waals surface area contributed by atoms with Gasteiger partial charge in [0.05, 0.1) is 12.3 Å². The average Bonchev–Trinajstić information content (AvgIpc) is 2.56. The van der Waals surface area contributed by atoms with E-state index < -0.39 is 0 Å². The molecule has 0 bridgehead atoms. The summed E-state index contributed by atoms with van der Waals surface area (Å²) in [5.74, 6) is 0.760. The fourth-order valence-electron chi connectivity index (χ4n) is 2.28. The number of carbonyl (C=O) groups excluding carboxylic acids is 1. The smallest absolute Gasteiger partial charge is 0.325 e. The van der Waals surface area contributed by atoms with Crippen molar-refractivity contribution in [2.75, 3.05) is 6.61 Å². The zero-order chi connectivity index (χ0) is 11.5. The van der Waals surface area contributed by atoms with Crippen molar-refractivity contribution in [1.82, 2.24) is 9.55 Å².